The van der Waals surface area contributed by atoms with E-state index in [9.17, 15) is 14.4 Å². The maximum absolute atomic E-state index is 12.2. The van der Waals surface area contributed by atoms with Gasteiger partial charge in [-0.2, -0.15) is 0 Å². The van der Waals surface area contributed by atoms with Crippen LogP contribution in [0.1, 0.15) is 41.9 Å². The second-order valence-corrected chi connectivity index (χ2v) is 6.50. The highest BCUT2D eigenvalue weighted by atomic mass is 32.2. The number of thioether (sulfide) groups is 1. The lowest BCUT2D eigenvalue weighted by atomic mass is 9.89. The van der Waals surface area contributed by atoms with Crippen LogP contribution in [0.3, 0.4) is 0 Å². The molecule has 118 valence electrons. The van der Waals surface area contributed by atoms with Gasteiger partial charge in [0.15, 0.2) is 5.69 Å². The van der Waals surface area contributed by atoms with Gasteiger partial charge >= 0.3 is 0 Å². The molecule has 1 saturated carbocycles. The molecular formula is C14H17N3O4S. The van der Waals surface area contributed by atoms with Crippen LogP contribution in [-0.4, -0.2) is 44.9 Å². The van der Waals surface area contributed by atoms with Gasteiger partial charge in [0.25, 0.3) is 11.1 Å². The van der Waals surface area contributed by atoms with Gasteiger partial charge in [-0.05, 0) is 19.8 Å². The molecular weight excluding hydrogens is 306 g/mol. The third kappa shape index (κ3) is 2.87. The fourth-order valence-corrected chi connectivity index (χ4v) is 3.75. The van der Waals surface area contributed by atoms with Crippen LogP contribution in [0.25, 0.3) is 0 Å². The summed E-state index contributed by atoms with van der Waals surface area (Å²) < 4.78 is 4.90. The van der Waals surface area contributed by atoms with Crippen molar-refractivity contribution in [2.24, 2.45) is 0 Å². The van der Waals surface area contributed by atoms with E-state index in [4.69, 9.17) is 4.52 Å². The maximum Gasteiger partial charge on any atom is 0.289 e. The number of hydrogen-bond acceptors (Lipinski definition) is 6. The molecule has 0 aromatic carbocycles. The molecule has 0 bridgehead atoms. The smallest absolute Gasteiger partial charge is 0.289 e. The van der Waals surface area contributed by atoms with Crippen molar-refractivity contribution >= 4 is 28.8 Å². The third-order valence-corrected chi connectivity index (χ3v) is 4.86. The lowest BCUT2D eigenvalue weighted by Gasteiger charge is -2.36. The first-order valence-electron chi connectivity index (χ1n) is 7.29. The van der Waals surface area contributed by atoms with Crippen LogP contribution in [0.15, 0.2) is 10.6 Å². The number of aromatic nitrogens is 1. The topological polar surface area (TPSA) is 92.5 Å². The summed E-state index contributed by atoms with van der Waals surface area (Å²) in [4.78, 5) is 37.4. The molecule has 2 heterocycles. The van der Waals surface area contributed by atoms with Crippen molar-refractivity contribution in [3.8, 4) is 0 Å². The summed E-state index contributed by atoms with van der Waals surface area (Å²) in [6.07, 6.45) is 3.38. The minimum Gasteiger partial charge on any atom is -0.361 e. The van der Waals surface area contributed by atoms with E-state index in [1.807, 2.05) is 0 Å². The quantitative estimate of drug-likeness (QED) is 0.910. The number of carbonyl (C=O) groups excluding carboxylic acids is 3. The zero-order chi connectivity index (χ0) is 15.7. The van der Waals surface area contributed by atoms with Gasteiger partial charge in [0, 0.05) is 6.07 Å². The zero-order valence-electron chi connectivity index (χ0n) is 12.2. The molecule has 8 heteroatoms. The number of amides is 3. The van der Waals surface area contributed by atoms with Crippen LogP contribution in [0.2, 0.25) is 0 Å². The number of carbonyl (C=O) groups is 3. The number of nitrogens with one attached hydrogen (secondary N) is 1. The van der Waals surface area contributed by atoms with E-state index >= 15 is 0 Å². The molecule has 1 N–H and O–H groups in total. The molecule has 2 atom stereocenters. The Hall–Kier alpha value is -1.83. The van der Waals surface area contributed by atoms with Gasteiger partial charge in [-0.25, -0.2) is 0 Å². The zero-order valence-corrected chi connectivity index (χ0v) is 13.0. The van der Waals surface area contributed by atoms with Crippen LogP contribution in [0.5, 0.6) is 0 Å². The number of rotatable bonds is 3. The molecule has 1 aromatic rings. The minimum atomic E-state index is -0.333. The summed E-state index contributed by atoms with van der Waals surface area (Å²) in [5, 5.41) is 6.38. The minimum absolute atomic E-state index is 0.168. The molecule has 7 nitrogen and oxygen atoms in total. The van der Waals surface area contributed by atoms with Crippen LogP contribution in [0.4, 0.5) is 4.79 Å². The van der Waals surface area contributed by atoms with Crippen molar-refractivity contribution in [3.63, 3.8) is 0 Å². The molecule has 0 unspecified atom stereocenters. The van der Waals surface area contributed by atoms with Crippen molar-refractivity contribution in [3.05, 3.63) is 17.5 Å². The largest absolute Gasteiger partial charge is 0.361 e. The molecule has 1 aliphatic carbocycles. The summed E-state index contributed by atoms with van der Waals surface area (Å²) in [6, 6.07) is 1.07. The second-order valence-electron chi connectivity index (χ2n) is 5.57. The van der Waals surface area contributed by atoms with E-state index in [1.54, 1.807) is 13.0 Å². The SMILES string of the molecule is Cc1cc(C(=O)N[C@@H]2CCCC[C@H]2N2C(=O)CSC2=O)no1. The first kappa shape index (κ1) is 15.1. The Labute approximate surface area is 131 Å². The van der Waals surface area contributed by atoms with Gasteiger partial charge in [-0.3, -0.25) is 19.3 Å². The standard InChI is InChI=1S/C14H17N3O4S/c1-8-6-10(16-21-8)13(19)15-9-4-2-3-5-11(9)17-12(18)7-22-14(17)20/h6,9,11H,2-5,7H2,1H3,(H,15,19)/t9-,11-/m1/s1. The van der Waals surface area contributed by atoms with Gasteiger partial charge in [0.05, 0.1) is 17.8 Å². The number of hydrogen-bond donors (Lipinski definition) is 1. The highest BCUT2D eigenvalue weighted by molar-refractivity contribution is 8.14. The Morgan fingerprint density at radius 3 is 2.82 bits per heavy atom. The summed E-state index contributed by atoms with van der Waals surface area (Å²) in [6.45, 7) is 1.71. The van der Waals surface area contributed by atoms with E-state index in [0.29, 0.717) is 5.76 Å². The van der Waals surface area contributed by atoms with E-state index in [1.165, 1.54) is 4.90 Å². The molecule has 1 aliphatic heterocycles. The maximum atomic E-state index is 12.2. The molecule has 3 rings (SSSR count). The highest BCUT2D eigenvalue weighted by Crippen LogP contribution is 2.30. The number of nitrogens with zero attached hydrogens (tertiary/aromatic N) is 2. The van der Waals surface area contributed by atoms with Crippen molar-refractivity contribution in [2.45, 2.75) is 44.7 Å². The van der Waals surface area contributed by atoms with Crippen molar-refractivity contribution < 1.29 is 18.9 Å². The van der Waals surface area contributed by atoms with Crippen molar-refractivity contribution in [1.29, 1.82) is 0 Å². The Morgan fingerprint density at radius 1 is 1.41 bits per heavy atom. The van der Waals surface area contributed by atoms with Gasteiger partial charge in [0.1, 0.15) is 5.76 Å². The van der Waals surface area contributed by atoms with Gasteiger partial charge < -0.3 is 9.84 Å². The number of imide groups is 1. The van der Waals surface area contributed by atoms with E-state index in [0.717, 1.165) is 37.4 Å². The second kappa shape index (κ2) is 6.12. The predicted molar refractivity (Wildman–Crippen MR) is 79.5 cm³/mol. The van der Waals surface area contributed by atoms with Crippen LogP contribution in [-0.2, 0) is 4.79 Å². The summed E-state index contributed by atoms with van der Waals surface area (Å²) in [5.74, 6) is 0.254. The monoisotopic (exact) mass is 323 g/mol. The molecule has 2 aliphatic rings. The molecule has 2 fully saturated rings. The lowest BCUT2D eigenvalue weighted by molar-refractivity contribution is -0.127. The Bertz CT molecular complexity index is 599. The summed E-state index contributed by atoms with van der Waals surface area (Å²) in [7, 11) is 0. The van der Waals surface area contributed by atoms with Gasteiger partial charge in [0.2, 0.25) is 5.91 Å². The Kier molecular flexibility index (Phi) is 4.19. The summed E-state index contributed by atoms with van der Waals surface area (Å²) >= 11 is 1.03. The average Bonchev–Trinajstić information content (AvgIpc) is 3.06. The lowest BCUT2D eigenvalue weighted by Crippen LogP contribution is -2.54. The van der Waals surface area contributed by atoms with Crippen molar-refractivity contribution in [1.82, 2.24) is 15.4 Å². The molecule has 1 saturated heterocycles. The average molecular weight is 323 g/mol. The first-order chi connectivity index (χ1) is 10.6. The Morgan fingerprint density at radius 2 is 2.18 bits per heavy atom. The first-order valence-corrected chi connectivity index (χ1v) is 8.28. The molecule has 0 radical (unpaired) electrons. The van der Waals surface area contributed by atoms with E-state index < -0.39 is 0 Å². The molecule has 1 aromatic heterocycles. The van der Waals surface area contributed by atoms with Crippen LogP contribution < -0.4 is 5.32 Å². The molecule has 0 spiro atoms. The normalized spacial score (nSPS) is 25.6. The number of aryl methyl sites for hydroxylation is 1. The third-order valence-electron chi connectivity index (χ3n) is 4.02. The van der Waals surface area contributed by atoms with Gasteiger partial charge in [-0.15, -0.1) is 0 Å². The highest BCUT2D eigenvalue weighted by Gasteiger charge is 2.41. The van der Waals surface area contributed by atoms with E-state index in [2.05, 4.69) is 10.5 Å². The Balaban J connectivity index is 1.74. The fraction of sp³-hybridized carbons (Fsp3) is 0.571. The summed E-state index contributed by atoms with van der Waals surface area (Å²) in [5.41, 5.74) is 0.218. The van der Waals surface area contributed by atoms with Crippen LogP contribution >= 0.6 is 11.8 Å². The molecule has 22 heavy (non-hydrogen) atoms. The van der Waals surface area contributed by atoms with Crippen molar-refractivity contribution in [2.75, 3.05) is 5.75 Å². The molecule has 3 amide bonds. The predicted octanol–water partition coefficient (Wildman–Crippen LogP) is 1.72. The fourth-order valence-electron chi connectivity index (χ4n) is 2.99. The van der Waals surface area contributed by atoms with Crippen LogP contribution in [0, 0.1) is 6.92 Å². The van der Waals surface area contributed by atoms with Gasteiger partial charge in [-0.1, -0.05) is 29.8 Å². The van der Waals surface area contributed by atoms with E-state index in [-0.39, 0.29) is 40.6 Å².